The molecule has 0 N–H and O–H groups in total. The number of carbonyl (C=O) groups is 1. The summed E-state index contributed by atoms with van der Waals surface area (Å²) in [6, 6.07) is 0. The van der Waals surface area contributed by atoms with Gasteiger partial charge in [-0.2, -0.15) is 0 Å². The van der Waals surface area contributed by atoms with Crippen LogP contribution in [0.5, 0.6) is 0 Å². The zero-order valence-electron chi connectivity index (χ0n) is 8.97. The van der Waals surface area contributed by atoms with Gasteiger partial charge in [-0.05, 0) is 30.3 Å². The summed E-state index contributed by atoms with van der Waals surface area (Å²) in [6.07, 6.45) is 5.11. The van der Waals surface area contributed by atoms with Crippen molar-refractivity contribution in [1.82, 2.24) is 0 Å². The molecule has 1 fully saturated rings. The van der Waals surface area contributed by atoms with Crippen LogP contribution in [-0.2, 0) is 4.79 Å². The molecule has 13 heavy (non-hydrogen) atoms. The van der Waals surface area contributed by atoms with Crippen molar-refractivity contribution in [3.63, 3.8) is 0 Å². The SMILES string of the molecule is C=CC(=O)[C@@H]1[C@@H](C)CCCC1(C)C. The summed E-state index contributed by atoms with van der Waals surface area (Å²) in [4.78, 5) is 11.7. The normalized spacial score (nSPS) is 32.5. The number of carbonyl (C=O) groups excluding carboxylic acids is 1. The third kappa shape index (κ3) is 2.01. The lowest BCUT2D eigenvalue weighted by atomic mass is 9.62. The van der Waals surface area contributed by atoms with Crippen LogP contribution in [-0.4, -0.2) is 5.78 Å². The summed E-state index contributed by atoms with van der Waals surface area (Å²) in [7, 11) is 0. The second-order valence-corrected chi connectivity index (χ2v) is 4.94. The molecule has 0 aromatic rings. The van der Waals surface area contributed by atoms with E-state index >= 15 is 0 Å². The molecule has 1 heteroatoms. The van der Waals surface area contributed by atoms with Gasteiger partial charge in [-0.3, -0.25) is 4.79 Å². The van der Waals surface area contributed by atoms with Crippen LogP contribution in [0.3, 0.4) is 0 Å². The highest BCUT2D eigenvalue weighted by Gasteiger charge is 2.39. The highest BCUT2D eigenvalue weighted by Crippen LogP contribution is 2.44. The zero-order chi connectivity index (χ0) is 10.1. The number of hydrogen-bond acceptors (Lipinski definition) is 1. The molecule has 74 valence electrons. The van der Waals surface area contributed by atoms with E-state index in [2.05, 4.69) is 27.4 Å². The maximum absolute atomic E-state index is 11.7. The van der Waals surface area contributed by atoms with Gasteiger partial charge in [-0.1, -0.05) is 33.8 Å². The number of rotatable bonds is 2. The van der Waals surface area contributed by atoms with E-state index < -0.39 is 0 Å². The Balaban J connectivity index is 2.86. The van der Waals surface area contributed by atoms with E-state index in [0.717, 1.165) is 0 Å². The van der Waals surface area contributed by atoms with Crippen LogP contribution in [0.2, 0.25) is 0 Å². The van der Waals surface area contributed by atoms with Gasteiger partial charge in [0.25, 0.3) is 0 Å². The van der Waals surface area contributed by atoms with Crippen molar-refractivity contribution in [2.45, 2.75) is 40.0 Å². The second-order valence-electron chi connectivity index (χ2n) is 4.94. The predicted molar refractivity (Wildman–Crippen MR) is 55.5 cm³/mol. The largest absolute Gasteiger partial charge is 0.295 e. The Morgan fingerprint density at radius 3 is 2.62 bits per heavy atom. The Bertz CT molecular complexity index is 215. The van der Waals surface area contributed by atoms with Gasteiger partial charge in [-0.15, -0.1) is 0 Å². The summed E-state index contributed by atoms with van der Waals surface area (Å²) < 4.78 is 0. The topological polar surface area (TPSA) is 17.1 Å². The fourth-order valence-corrected chi connectivity index (χ4v) is 2.76. The van der Waals surface area contributed by atoms with Crippen LogP contribution in [0.1, 0.15) is 40.0 Å². The standard InChI is InChI=1S/C12H20O/c1-5-10(13)11-9(2)7-6-8-12(11,3)4/h5,9,11H,1,6-8H2,2-4H3/t9-,11-/m0/s1. The van der Waals surface area contributed by atoms with Crippen molar-refractivity contribution in [1.29, 1.82) is 0 Å². The van der Waals surface area contributed by atoms with Crippen LogP contribution in [0.15, 0.2) is 12.7 Å². The number of hydrogen-bond donors (Lipinski definition) is 0. The first kappa shape index (κ1) is 10.5. The van der Waals surface area contributed by atoms with Gasteiger partial charge in [0.1, 0.15) is 0 Å². The fraction of sp³-hybridized carbons (Fsp3) is 0.750. The van der Waals surface area contributed by atoms with Crippen molar-refractivity contribution in [3.05, 3.63) is 12.7 Å². The minimum absolute atomic E-state index is 0.170. The van der Waals surface area contributed by atoms with Crippen LogP contribution in [0.4, 0.5) is 0 Å². The Morgan fingerprint density at radius 1 is 1.54 bits per heavy atom. The predicted octanol–water partition coefficient (Wildman–Crippen LogP) is 3.20. The molecule has 0 unspecified atom stereocenters. The van der Waals surface area contributed by atoms with Crippen LogP contribution < -0.4 is 0 Å². The first-order valence-corrected chi connectivity index (χ1v) is 5.15. The molecule has 0 aromatic carbocycles. The van der Waals surface area contributed by atoms with E-state index in [4.69, 9.17) is 0 Å². The molecule has 1 nitrogen and oxygen atoms in total. The minimum Gasteiger partial charge on any atom is -0.295 e. The Morgan fingerprint density at radius 2 is 2.15 bits per heavy atom. The maximum Gasteiger partial charge on any atom is 0.158 e. The molecule has 1 saturated carbocycles. The van der Waals surface area contributed by atoms with Gasteiger partial charge in [-0.25, -0.2) is 0 Å². The molecule has 2 atom stereocenters. The highest BCUT2D eigenvalue weighted by atomic mass is 16.1. The average molecular weight is 180 g/mol. The lowest BCUT2D eigenvalue weighted by Crippen LogP contribution is -2.38. The van der Waals surface area contributed by atoms with Crippen LogP contribution >= 0.6 is 0 Å². The molecular formula is C12H20O. The second kappa shape index (κ2) is 3.65. The van der Waals surface area contributed by atoms with Gasteiger partial charge in [0.2, 0.25) is 0 Å². The van der Waals surface area contributed by atoms with Crippen molar-refractivity contribution < 1.29 is 4.79 Å². The number of ketones is 1. The van der Waals surface area contributed by atoms with Gasteiger partial charge in [0.15, 0.2) is 5.78 Å². The molecule has 0 radical (unpaired) electrons. The Kier molecular flexibility index (Phi) is 2.94. The van der Waals surface area contributed by atoms with Crippen molar-refractivity contribution in [3.8, 4) is 0 Å². The monoisotopic (exact) mass is 180 g/mol. The summed E-state index contributed by atoms with van der Waals surface area (Å²) >= 11 is 0. The molecule has 1 aliphatic rings. The lowest BCUT2D eigenvalue weighted by Gasteiger charge is -2.41. The first-order valence-electron chi connectivity index (χ1n) is 5.15. The molecule has 0 saturated heterocycles. The third-order valence-electron chi connectivity index (χ3n) is 3.40. The van der Waals surface area contributed by atoms with Crippen LogP contribution in [0.25, 0.3) is 0 Å². The summed E-state index contributed by atoms with van der Waals surface area (Å²) in [6.45, 7) is 10.2. The summed E-state index contributed by atoms with van der Waals surface area (Å²) in [5.74, 6) is 0.949. The zero-order valence-corrected chi connectivity index (χ0v) is 8.97. The molecule has 1 aliphatic carbocycles. The molecule has 0 heterocycles. The van der Waals surface area contributed by atoms with Crippen molar-refractivity contribution in [2.24, 2.45) is 17.3 Å². The van der Waals surface area contributed by atoms with Gasteiger partial charge >= 0.3 is 0 Å². The Hall–Kier alpha value is -0.590. The first-order chi connectivity index (χ1) is 5.99. The van der Waals surface area contributed by atoms with Crippen molar-refractivity contribution >= 4 is 5.78 Å². The quantitative estimate of drug-likeness (QED) is 0.596. The third-order valence-corrected chi connectivity index (χ3v) is 3.40. The maximum atomic E-state index is 11.7. The van der Waals surface area contributed by atoms with E-state index in [1.807, 2.05) is 0 Å². The molecular weight excluding hydrogens is 160 g/mol. The molecule has 0 aliphatic heterocycles. The molecule has 0 aromatic heterocycles. The van der Waals surface area contributed by atoms with Crippen LogP contribution in [0, 0.1) is 17.3 Å². The van der Waals surface area contributed by atoms with Gasteiger partial charge < -0.3 is 0 Å². The van der Waals surface area contributed by atoms with Gasteiger partial charge in [0, 0.05) is 5.92 Å². The molecule has 0 bridgehead atoms. The lowest BCUT2D eigenvalue weighted by molar-refractivity contribution is -0.125. The Labute approximate surface area is 81.2 Å². The van der Waals surface area contributed by atoms with E-state index in [0.29, 0.717) is 5.92 Å². The minimum atomic E-state index is 0.170. The van der Waals surface area contributed by atoms with E-state index in [9.17, 15) is 4.79 Å². The summed E-state index contributed by atoms with van der Waals surface area (Å²) in [5, 5.41) is 0. The molecule has 0 amide bonds. The summed E-state index contributed by atoms with van der Waals surface area (Å²) in [5.41, 5.74) is 0.170. The fourth-order valence-electron chi connectivity index (χ4n) is 2.76. The smallest absolute Gasteiger partial charge is 0.158 e. The van der Waals surface area contributed by atoms with E-state index in [1.54, 1.807) is 0 Å². The molecule has 0 spiro atoms. The van der Waals surface area contributed by atoms with E-state index in [-0.39, 0.29) is 17.1 Å². The molecule has 1 rings (SSSR count). The van der Waals surface area contributed by atoms with E-state index in [1.165, 1.54) is 25.3 Å². The number of allylic oxidation sites excluding steroid dienone is 1. The van der Waals surface area contributed by atoms with Crippen molar-refractivity contribution in [2.75, 3.05) is 0 Å². The van der Waals surface area contributed by atoms with Gasteiger partial charge in [0.05, 0.1) is 0 Å². The average Bonchev–Trinajstić information content (AvgIpc) is 2.02. The highest BCUT2D eigenvalue weighted by molar-refractivity contribution is 5.92.